The largest absolute Gasteiger partial charge is 0.444 e. The van der Waals surface area contributed by atoms with E-state index in [0.717, 1.165) is 0 Å². The van der Waals surface area contributed by atoms with Crippen molar-refractivity contribution < 1.29 is 9.53 Å². The van der Waals surface area contributed by atoms with Gasteiger partial charge in [-0.1, -0.05) is 0 Å². The second-order valence-electron chi connectivity index (χ2n) is 3.75. The van der Waals surface area contributed by atoms with Crippen LogP contribution in [0.4, 0.5) is 4.79 Å². The molecule has 0 N–H and O–H groups in total. The highest BCUT2D eigenvalue weighted by molar-refractivity contribution is 6.18. The van der Waals surface area contributed by atoms with Crippen molar-refractivity contribution in [1.82, 2.24) is 4.90 Å². The molecule has 0 radical (unpaired) electrons. The van der Waals surface area contributed by atoms with Crippen LogP contribution in [0.15, 0.2) is 0 Å². The van der Waals surface area contributed by atoms with E-state index in [1.54, 1.807) is 4.90 Å². The minimum Gasteiger partial charge on any atom is -0.444 e. The topological polar surface area (TPSA) is 29.5 Å². The highest BCUT2D eigenvalue weighted by Gasteiger charge is 2.20. The molecule has 4 heteroatoms. The summed E-state index contributed by atoms with van der Waals surface area (Å²) in [6, 6.07) is 0. The number of amides is 1. The zero-order chi connectivity index (χ0) is 10.5. The molecule has 0 aromatic rings. The summed E-state index contributed by atoms with van der Waals surface area (Å²) < 4.78 is 5.17. The SMILES string of the molecule is CCN(CCCl)C(=O)OC(C)(C)C. The Balaban J connectivity index is 4.06. The molecule has 0 aliphatic heterocycles. The molecule has 1 amide bonds. The van der Waals surface area contributed by atoms with Gasteiger partial charge in [0.15, 0.2) is 0 Å². The summed E-state index contributed by atoms with van der Waals surface area (Å²) in [4.78, 5) is 13.0. The Kier molecular flexibility index (Phi) is 5.14. The zero-order valence-electron chi connectivity index (χ0n) is 8.76. The van der Waals surface area contributed by atoms with E-state index in [4.69, 9.17) is 16.3 Å². The maximum Gasteiger partial charge on any atom is 0.410 e. The Labute approximate surface area is 85.0 Å². The molecule has 3 nitrogen and oxygen atoms in total. The van der Waals surface area contributed by atoms with Crippen LogP contribution in [0.5, 0.6) is 0 Å². The number of alkyl halides is 1. The van der Waals surface area contributed by atoms with Gasteiger partial charge in [-0.25, -0.2) is 4.79 Å². The van der Waals surface area contributed by atoms with Gasteiger partial charge in [-0.05, 0) is 27.7 Å². The van der Waals surface area contributed by atoms with Crippen molar-refractivity contribution in [3.05, 3.63) is 0 Å². The van der Waals surface area contributed by atoms with E-state index in [-0.39, 0.29) is 6.09 Å². The van der Waals surface area contributed by atoms with Crippen LogP contribution < -0.4 is 0 Å². The molecular formula is C9H18ClNO2. The minimum absolute atomic E-state index is 0.296. The van der Waals surface area contributed by atoms with Crippen LogP contribution in [-0.2, 0) is 4.74 Å². The molecule has 0 bridgehead atoms. The van der Waals surface area contributed by atoms with Crippen molar-refractivity contribution in [2.24, 2.45) is 0 Å². The molecule has 0 saturated heterocycles. The maximum atomic E-state index is 11.4. The highest BCUT2D eigenvalue weighted by atomic mass is 35.5. The number of halogens is 1. The number of hydrogen-bond donors (Lipinski definition) is 0. The van der Waals surface area contributed by atoms with Crippen LogP contribution in [0.3, 0.4) is 0 Å². The summed E-state index contributed by atoms with van der Waals surface area (Å²) in [7, 11) is 0. The molecule has 0 saturated carbocycles. The van der Waals surface area contributed by atoms with E-state index in [1.807, 2.05) is 27.7 Å². The van der Waals surface area contributed by atoms with Crippen LogP contribution in [0.25, 0.3) is 0 Å². The predicted molar refractivity (Wildman–Crippen MR) is 54.2 cm³/mol. The lowest BCUT2D eigenvalue weighted by molar-refractivity contribution is 0.0271. The lowest BCUT2D eigenvalue weighted by atomic mass is 10.2. The molecule has 0 aromatic carbocycles. The van der Waals surface area contributed by atoms with E-state index in [2.05, 4.69) is 0 Å². The number of hydrogen-bond acceptors (Lipinski definition) is 2. The first-order valence-corrected chi connectivity index (χ1v) is 4.98. The summed E-state index contributed by atoms with van der Waals surface area (Å²) in [5.74, 6) is 0.438. The highest BCUT2D eigenvalue weighted by Crippen LogP contribution is 2.09. The van der Waals surface area contributed by atoms with Crippen LogP contribution >= 0.6 is 11.6 Å². The standard InChI is InChI=1S/C9H18ClNO2/c1-5-11(7-6-10)8(12)13-9(2,3)4/h5-7H2,1-4H3. The Morgan fingerprint density at radius 2 is 2.00 bits per heavy atom. The van der Waals surface area contributed by atoms with E-state index < -0.39 is 5.60 Å². The Bertz CT molecular complexity index is 165. The van der Waals surface area contributed by atoms with Crippen LogP contribution in [-0.4, -0.2) is 35.6 Å². The van der Waals surface area contributed by atoms with E-state index in [1.165, 1.54) is 0 Å². The van der Waals surface area contributed by atoms with E-state index >= 15 is 0 Å². The quantitative estimate of drug-likeness (QED) is 0.666. The van der Waals surface area contributed by atoms with Gasteiger partial charge < -0.3 is 9.64 Å². The van der Waals surface area contributed by atoms with Gasteiger partial charge in [0.25, 0.3) is 0 Å². The van der Waals surface area contributed by atoms with Crippen molar-refractivity contribution in [3.63, 3.8) is 0 Å². The lowest BCUT2D eigenvalue weighted by Crippen LogP contribution is -2.37. The molecule has 0 atom stereocenters. The number of carbonyl (C=O) groups is 1. The van der Waals surface area contributed by atoms with Gasteiger partial charge in [0, 0.05) is 19.0 Å². The second kappa shape index (κ2) is 5.32. The molecule has 0 fully saturated rings. The van der Waals surface area contributed by atoms with Gasteiger partial charge >= 0.3 is 6.09 Å². The van der Waals surface area contributed by atoms with Crippen LogP contribution in [0.1, 0.15) is 27.7 Å². The molecule has 0 aromatic heterocycles. The average Bonchev–Trinajstić information content (AvgIpc) is 1.96. The van der Waals surface area contributed by atoms with Crippen molar-refractivity contribution in [1.29, 1.82) is 0 Å². The average molecular weight is 208 g/mol. The Morgan fingerprint density at radius 3 is 2.31 bits per heavy atom. The molecule has 0 aliphatic carbocycles. The third-order valence-corrected chi connectivity index (χ3v) is 1.56. The van der Waals surface area contributed by atoms with Gasteiger partial charge in [-0.2, -0.15) is 0 Å². The molecule has 0 rings (SSSR count). The molecule has 0 spiro atoms. The summed E-state index contributed by atoms with van der Waals surface area (Å²) in [5, 5.41) is 0. The van der Waals surface area contributed by atoms with Crippen molar-refractivity contribution in [3.8, 4) is 0 Å². The first kappa shape index (κ1) is 12.6. The van der Waals surface area contributed by atoms with Crippen LogP contribution in [0, 0.1) is 0 Å². The fourth-order valence-corrected chi connectivity index (χ4v) is 1.01. The van der Waals surface area contributed by atoms with Crippen LogP contribution in [0.2, 0.25) is 0 Å². The smallest absolute Gasteiger partial charge is 0.410 e. The summed E-state index contributed by atoms with van der Waals surface area (Å²) in [6.07, 6.45) is -0.296. The fraction of sp³-hybridized carbons (Fsp3) is 0.889. The first-order valence-electron chi connectivity index (χ1n) is 4.44. The third kappa shape index (κ3) is 5.75. The normalized spacial score (nSPS) is 11.2. The Morgan fingerprint density at radius 1 is 1.46 bits per heavy atom. The number of ether oxygens (including phenoxy) is 1. The van der Waals surface area contributed by atoms with Gasteiger partial charge in [-0.15, -0.1) is 11.6 Å². The number of nitrogens with zero attached hydrogens (tertiary/aromatic N) is 1. The molecule has 78 valence electrons. The van der Waals surface area contributed by atoms with Gasteiger partial charge in [-0.3, -0.25) is 0 Å². The maximum absolute atomic E-state index is 11.4. The zero-order valence-corrected chi connectivity index (χ0v) is 9.52. The number of rotatable bonds is 3. The van der Waals surface area contributed by atoms with E-state index in [0.29, 0.717) is 19.0 Å². The molecule has 0 aliphatic rings. The van der Waals surface area contributed by atoms with Gasteiger partial charge in [0.1, 0.15) is 5.60 Å². The molecular weight excluding hydrogens is 190 g/mol. The summed E-state index contributed by atoms with van der Waals surface area (Å²) in [5.41, 5.74) is -0.434. The van der Waals surface area contributed by atoms with Gasteiger partial charge in [0.2, 0.25) is 0 Å². The van der Waals surface area contributed by atoms with Crippen molar-refractivity contribution in [2.75, 3.05) is 19.0 Å². The molecule has 13 heavy (non-hydrogen) atoms. The Hall–Kier alpha value is -0.440. The second-order valence-corrected chi connectivity index (χ2v) is 4.13. The predicted octanol–water partition coefficient (Wildman–Crippen LogP) is 2.48. The van der Waals surface area contributed by atoms with E-state index in [9.17, 15) is 4.79 Å². The minimum atomic E-state index is -0.434. The summed E-state index contributed by atoms with van der Waals surface area (Å²) >= 11 is 5.54. The van der Waals surface area contributed by atoms with Crippen molar-refractivity contribution in [2.45, 2.75) is 33.3 Å². The molecule has 0 heterocycles. The monoisotopic (exact) mass is 207 g/mol. The number of carbonyl (C=O) groups excluding carboxylic acids is 1. The first-order chi connectivity index (χ1) is 5.90. The fourth-order valence-electron chi connectivity index (χ4n) is 0.807. The third-order valence-electron chi connectivity index (χ3n) is 1.39. The lowest BCUT2D eigenvalue weighted by Gasteiger charge is -2.25. The summed E-state index contributed by atoms with van der Waals surface area (Å²) in [6.45, 7) is 8.60. The van der Waals surface area contributed by atoms with Gasteiger partial charge in [0.05, 0.1) is 0 Å². The van der Waals surface area contributed by atoms with Crippen molar-refractivity contribution >= 4 is 17.7 Å². The molecule has 0 unspecified atom stereocenters.